The van der Waals surface area contributed by atoms with Crippen LogP contribution in [0.3, 0.4) is 0 Å². The van der Waals surface area contributed by atoms with Gasteiger partial charge in [0.15, 0.2) is 5.78 Å². The van der Waals surface area contributed by atoms with Crippen LogP contribution in [0.5, 0.6) is 0 Å². The minimum Gasteiger partial charge on any atom is -0.292 e. The van der Waals surface area contributed by atoms with Crippen LogP contribution >= 0.6 is 0 Å². The summed E-state index contributed by atoms with van der Waals surface area (Å²) < 4.78 is 15.3. The molecule has 0 radical (unpaired) electrons. The van der Waals surface area contributed by atoms with E-state index in [0.29, 0.717) is 11.1 Å². The fourth-order valence-electron chi connectivity index (χ4n) is 1.95. The second-order valence-electron chi connectivity index (χ2n) is 4.32. The normalized spacial score (nSPS) is 10.8. The van der Waals surface area contributed by atoms with Gasteiger partial charge in [0.1, 0.15) is 12.4 Å². The SMILES string of the molecule is O=C(Cn1ncc2cccn2c1=O)c1ccc(F)cc1. The van der Waals surface area contributed by atoms with Crippen LogP contribution in [-0.2, 0) is 6.54 Å². The Labute approximate surface area is 112 Å². The van der Waals surface area contributed by atoms with Gasteiger partial charge in [0.05, 0.1) is 11.7 Å². The zero-order valence-electron chi connectivity index (χ0n) is 10.4. The molecule has 0 spiro atoms. The minimum atomic E-state index is -0.411. The van der Waals surface area contributed by atoms with E-state index in [1.807, 2.05) is 0 Å². The zero-order valence-corrected chi connectivity index (χ0v) is 10.4. The van der Waals surface area contributed by atoms with Gasteiger partial charge in [-0.05, 0) is 36.4 Å². The standard InChI is InChI=1S/C14H10FN3O2/c15-11-5-3-10(4-6-11)13(19)9-18-14(20)17-7-1-2-12(17)8-16-18/h1-8H,9H2. The lowest BCUT2D eigenvalue weighted by molar-refractivity contribution is 0.0964. The summed E-state index contributed by atoms with van der Waals surface area (Å²) >= 11 is 0. The highest BCUT2D eigenvalue weighted by Crippen LogP contribution is 2.05. The number of fused-ring (bicyclic) bond motifs is 1. The smallest absolute Gasteiger partial charge is 0.292 e. The fourth-order valence-corrected chi connectivity index (χ4v) is 1.95. The molecule has 0 aliphatic rings. The Morgan fingerprint density at radius 3 is 2.70 bits per heavy atom. The van der Waals surface area contributed by atoms with Crippen molar-refractivity contribution in [1.29, 1.82) is 0 Å². The molecule has 2 heterocycles. The van der Waals surface area contributed by atoms with Gasteiger partial charge in [-0.2, -0.15) is 5.10 Å². The highest BCUT2D eigenvalue weighted by molar-refractivity contribution is 5.95. The molecule has 0 amide bonds. The van der Waals surface area contributed by atoms with Gasteiger partial charge in [0.25, 0.3) is 0 Å². The first-order valence-electron chi connectivity index (χ1n) is 5.97. The maximum atomic E-state index is 12.8. The third kappa shape index (κ3) is 2.11. The van der Waals surface area contributed by atoms with E-state index in [-0.39, 0.29) is 18.0 Å². The molecule has 3 aromatic rings. The maximum absolute atomic E-state index is 12.8. The summed E-state index contributed by atoms with van der Waals surface area (Å²) in [5.74, 6) is -0.711. The Hall–Kier alpha value is -2.76. The lowest BCUT2D eigenvalue weighted by Gasteiger charge is -2.04. The van der Waals surface area contributed by atoms with Gasteiger partial charge in [-0.3, -0.25) is 9.20 Å². The number of rotatable bonds is 3. The molecule has 0 atom stereocenters. The fraction of sp³-hybridized carbons (Fsp3) is 0.0714. The number of benzene rings is 1. The summed E-state index contributed by atoms with van der Waals surface area (Å²) in [6.45, 7) is -0.182. The number of carbonyl (C=O) groups excluding carboxylic acids is 1. The van der Waals surface area contributed by atoms with Gasteiger partial charge in [-0.15, -0.1) is 0 Å². The van der Waals surface area contributed by atoms with Crippen molar-refractivity contribution in [3.8, 4) is 0 Å². The van der Waals surface area contributed by atoms with E-state index < -0.39 is 5.82 Å². The summed E-state index contributed by atoms with van der Waals surface area (Å²) in [7, 11) is 0. The average Bonchev–Trinajstić information content (AvgIpc) is 2.92. The molecule has 0 aliphatic heterocycles. The number of hydrogen-bond acceptors (Lipinski definition) is 3. The summed E-state index contributed by atoms with van der Waals surface area (Å²) in [5.41, 5.74) is 0.621. The number of ketones is 1. The predicted octanol–water partition coefficient (Wildman–Crippen LogP) is 1.52. The first-order valence-corrected chi connectivity index (χ1v) is 5.97. The lowest BCUT2D eigenvalue weighted by Crippen LogP contribution is -2.30. The van der Waals surface area contributed by atoms with Crippen molar-refractivity contribution < 1.29 is 9.18 Å². The van der Waals surface area contributed by atoms with E-state index in [2.05, 4.69) is 5.10 Å². The largest absolute Gasteiger partial charge is 0.349 e. The van der Waals surface area contributed by atoms with Crippen LogP contribution in [0.25, 0.3) is 5.52 Å². The molecule has 100 valence electrons. The zero-order chi connectivity index (χ0) is 14.1. The van der Waals surface area contributed by atoms with E-state index in [1.165, 1.54) is 34.9 Å². The first kappa shape index (κ1) is 12.3. The summed E-state index contributed by atoms with van der Waals surface area (Å²) in [5, 5.41) is 3.95. The van der Waals surface area contributed by atoms with Crippen LogP contribution in [0.2, 0.25) is 0 Å². The Bertz CT molecular complexity index is 833. The van der Waals surface area contributed by atoms with Gasteiger partial charge in [0, 0.05) is 11.8 Å². The quantitative estimate of drug-likeness (QED) is 0.679. The molecular weight excluding hydrogens is 261 g/mol. The van der Waals surface area contributed by atoms with Crippen LogP contribution in [0, 0.1) is 5.82 Å². The van der Waals surface area contributed by atoms with Crippen molar-refractivity contribution in [2.45, 2.75) is 6.54 Å². The van der Waals surface area contributed by atoms with E-state index in [0.717, 1.165) is 4.68 Å². The Morgan fingerprint density at radius 2 is 1.95 bits per heavy atom. The van der Waals surface area contributed by atoms with E-state index in [1.54, 1.807) is 18.3 Å². The molecule has 0 N–H and O–H groups in total. The van der Waals surface area contributed by atoms with Crippen LogP contribution in [0.15, 0.2) is 53.6 Å². The first-order chi connectivity index (χ1) is 9.65. The summed E-state index contributed by atoms with van der Waals surface area (Å²) in [6.07, 6.45) is 3.12. The number of aromatic nitrogens is 3. The minimum absolute atomic E-state index is 0.182. The van der Waals surface area contributed by atoms with E-state index >= 15 is 0 Å². The molecule has 0 fully saturated rings. The van der Waals surface area contributed by atoms with Crippen LogP contribution in [0.4, 0.5) is 4.39 Å². The molecule has 0 saturated carbocycles. The number of Topliss-reactive ketones (excluding diaryl/α,β-unsaturated/α-hetero) is 1. The van der Waals surface area contributed by atoms with Crippen molar-refractivity contribution in [3.63, 3.8) is 0 Å². The van der Waals surface area contributed by atoms with Gasteiger partial charge in [-0.1, -0.05) is 0 Å². The van der Waals surface area contributed by atoms with Gasteiger partial charge in [0.2, 0.25) is 0 Å². The number of carbonyl (C=O) groups is 1. The molecule has 6 heteroatoms. The number of nitrogens with zero attached hydrogens (tertiary/aromatic N) is 3. The van der Waals surface area contributed by atoms with Crippen LogP contribution < -0.4 is 5.69 Å². The molecule has 0 aliphatic carbocycles. The van der Waals surface area contributed by atoms with E-state index in [9.17, 15) is 14.0 Å². The Kier molecular flexibility index (Phi) is 2.90. The number of halogens is 1. The maximum Gasteiger partial charge on any atom is 0.349 e. The number of hydrogen-bond donors (Lipinski definition) is 0. The van der Waals surface area contributed by atoms with Crippen molar-refractivity contribution in [1.82, 2.24) is 14.2 Å². The molecule has 0 unspecified atom stereocenters. The third-order valence-electron chi connectivity index (χ3n) is 3.00. The van der Waals surface area contributed by atoms with Crippen molar-refractivity contribution >= 4 is 11.3 Å². The average molecular weight is 271 g/mol. The highest BCUT2D eigenvalue weighted by atomic mass is 19.1. The Morgan fingerprint density at radius 1 is 1.20 bits per heavy atom. The van der Waals surface area contributed by atoms with Crippen molar-refractivity contribution in [2.75, 3.05) is 0 Å². The predicted molar refractivity (Wildman–Crippen MR) is 70.2 cm³/mol. The molecule has 5 nitrogen and oxygen atoms in total. The molecule has 0 bridgehead atoms. The topological polar surface area (TPSA) is 56.4 Å². The van der Waals surface area contributed by atoms with Crippen molar-refractivity contribution in [3.05, 3.63) is 70.7 Å². The van der Waals surface area contributed by atoms with Crippen LogP contribution in [-0.4, -0.2) is 20.0 Å². The molecule has 20 heavy (non-hydrogen) atoms. The Balaban J connectivity index is 1.93. The molecule has 1 aromatic carbocycles. The molecule has 2 aromatic heterocycles. The van der Waals surface area contributed by atoms with Gasteiger partial charge >= 0.3 is 5.69 Å². The molecule has 0 saturated heterocycles. The second-order valence-corrected chi connectivity index (χ2v) is 4.32. The third-order valence-corrected chi connectivity index (χ3v) is 3.00. The van der Waals surface area contributed by atoms with Crippen LogP contribution in [0.1, 0.15) is 10.4 Å². The summed E-state index contributed by atoms with van der Waals surface area (Å²) in [6, 6.07) is 8.66. The molecule has 3 rings (SSSR count). The lowest BCUT2D eigenvalue weighted by atomic mass is 10.1. The molecular formula is C14H10FN3O2. The van der Waals surface area contributed by atoms with E-state index in [4.69, 9.17) is 0 Å². The van der Waals surface area contributed by atoms with Gasteiger partial charge in [-0.25, -0.2) is 13.9 Å². The van der Waals surface area contributed by atoms with Crippen molar-refractivity contribution in [2.24, 2.45) is 0 Å². The monoisotopic (exact) mass is 271 g/mol. The highest BCUT2D eigenvalue weighted by Gasteiger charge is 2.10. The summed E-state index contributed by atoms with van der Waals surface area (Å²) in [4.78, 5) is 24.1. The second kappa shape index (κ2) is 4.73. The van der Waals surface area contributed by atoms with Gasteiger partial charge < -0.3 is 0 Å².